The van der Waals surface area contributed by atoms with E-state index in [0.29, 0.717) is 32.1 Å². The van der Waals surface area contributed by atoms with Gasteiger partial charge in [-0.3, -0.25) is 4.79 Å². The van der Waals surface area contributed by atoms with Crippen molar-refractivity contribution in [3.63, 3.8) is 0 Å². The summed E-state index contributed by atoms with van der Waals surface area (Å²) in [6, 6.07) is 8.52. The van der Waals surface area contributed by atoms with Gasteiger partial charge in [0.15, 0.2) is 6.23 Å². The first-order chi connectivity index (χ1) is 16.9. The third-order valence-electron chi connectivity index (χ3n) is 6.13. The van der Waals surface area contributed by atoms with Gasteiger partial charge in [-0.1, -0.05) is 51.0 Å². The molecule has 35 heavy (non-hydrogen) atoms. The predicted octanol–water partition coefficient (Wildman–Crippen LogP) is 3.20. The molecular weight excluding hydrogens is 466 g/mol. The molecule has 9 heteroatoms. The zero-order chi connectivity index (χ0) is 25.2. The van der Waals surface area contributed by atoms with E-state index in [1.807, 2.05) is 4.90 Å². The van der Waals surface area contributed by atoms with E-state index < -0.39 is 11.6 Å². The molecule has 2 unspecified atom stereocenters. The average molecular weight is 506 g/mol. The largest absolute Gasteiger partial charge is 0.382 e. The summed E-state index contributed by atoms with van der Waals surface area (Å²) in [5.41, 5.74) is 9.80. The van der Waals surface area contributed by atoms with E-state index >= 15 is 0 Å². The second-order valence-corrected chi connectivity index (χ2v) is 9.69. The third-order valence-corrected chi connectivity index (χ3v) is 6.55. The van der Waals surface area contributed by atoms with Gasteiger partial charge in [-0.05, 0) is 37.6 Å². The van der Waals surface area contributed by atoms with Crippen LogP contribution in [-0.2, 0) is 27.4 Å². The fourth-order valence-corrected chi connectivity index (χ4v) is 4.57. The van der Waals surface area contributed by atoms with Crippen LogP contribution in [0.25, 0.3) is 0 Å². The number of rotatable bonds is 14. The highest BCUT2D eigenvalue weighted by Gasteiger charge is 2.39. The summed E-state index contributed by atoms with van der Waals surface area (Å²) >= 11 is 6.83. The molecule has 0 saturated heterocycles. The standard InChI is InChI=1S/C26H40ClN5O3/c1-4-6-12-31(3)16-19-8-10-20(11-9-19)17-32-18-21(33)29-23-24(32)22(27)26(30-25(23)28)35-15-14-34-13-7-5-2/h8-11,22,26H,4-7,12-18H2,1-3H3,(H2,28,30)(H,29,33). The Morgan fingerprint density at radius 1 is 1.14 bits per heavy atom. The number of carbonyl (C=O) groups is 1. The Bertz CT molecular complexity index is 889. The third kappa shape index (κ3) is 7.93. The first-order valence-corrected chi connectivity index (χ1v) is 13.1. The molecule has 1 aromatic carbocycles. The Hall–Kier alpha value is -2.13. The molecular formula is C26H40ClN5O3. The first-order valence-electron chi connectivity index (χ1n) is 12.6. The van der Waals surface area contributed by atoms with Gasteiger partial charge in [0.05, 0.1) is 25.5 Å². The smallest absolute Gasteiger partial charge is 0.244 e. The lowest BCUT2D eigenvalue weighted by molar-refractivity contribution is -0.122. The minimum atomic E-state index is -0.635. The molecule has 2 aliphatic rings. The fraction of sp³-hybridized carbons (Fsp3) is 0.615. The highest BCUT2D eigenvalue weighted by molar-refractivity contribution is 6.24. The maximum Gasteiger partial charge on any atom is 0.244 e. The van der Waals surface area contributed by atoms with Crippen LogP contribution in [0.2, 0.25) is 0 Å². The fourth-order valence-electron chi connectivity index (χ4n) is 4.20. The van der Waals surface area contributed by atoms with E-state index in [9.17, 15) is 4.79 Å². The van der Waals surface area contributed by atoms with E-state index in [1.165, 1.54) is 18.4 Å². The molecule has 0 bridgehead atoms. The second kappa shape index (κ2) is 13.8. The van der Waals surface area contributed by atoms with Gasteiger partial charge in [0.25, 0.3) is 0 Å². The minimum absolute atomic E-state index is 0.136. The monoisotopic (exact) mass is 505 g/mol. The number of nitrogens with two attached hydrogens (primary N) is 1. The molecule has 0 fully saturated rings. The quantitative estimate of drug-likeness (QED) is 0.298. The van der Waals surface area contributed by atoms with Gasteiger partial charge in [0, 0.05) is 19.7 Å². The van der Waals surface area contributed by atoms with Gasteiger partial charge in [-0.2, -0.15) is 0 Å². The van der Waals surface area contributed by atoms with Crippen LogP contribution in [0.3, 0.4) is 0 Å². The Morgan fingerprint density at radius 3 is 2.57 bits per heavy atom. The van der Waals surface area contributed by atoms with Gasteiger partial charge < -0.3 is 30.3 Å². The maximum absolute atomic E-state index is 12.4. The highest BCUT2D eigenvalue weighted by atomic mass is 35.5. The summed E-state index contributed by atoms with van der Waals surface area (Å²) in [4.78, 5) is 21.1. The summed E-state index contributed by atoms with van der Waals surface area (Å²) in [7, 11) is 2.15. The number of nitrogens with zero attached hydrogens (tertiary/aromatic N) is 3. The summed E-state index contributed by atoms with van der Waals surface area (Å²) in [5, 5.41) is 2.28. The van der Waals surface area contributed by atoms with Crippen LogP contribution < -0.4 is 11.1 Å². The van der Waals surface area contributed by atoms with Crippen molar-refractivity contribution in [3.05, 3.63) is 46.8 Å². The molecule has 2 atom stereocenters. The number of amidine groups is 1. The number of aliphatic imine (C=N–C) groups is 1. The van der Waals surface area contributed by atoms with E-state index in [0.717, 1.165) is 37.2 Å². The van der Waals surface area contributed by atoms with Gasteiger partial charge in [0.1, 0.15) is 16.9 Å². The molecule has 1 aromatic rings. The number of alkyl halides is 1. The van der Waals surface area contributed by atoms with E-state index in [1.54, 1.807) is 0 Å². The summed E-state index contributed by atoms with van der Waals surface area (Å²) in [6.45, 7) is 8.64. The number of dihydropyridines is 1. The van der Waals surface area contributed by atoms with Gasteiger partial charge in [0.2, 0.25) is 5.91 Å². The van der Waals surface area contributed by atoms with E-state index in [-0.39, 0.29) is 18.3 Å². The number of ether oxygens (including phenoxy) is 2. The second-order valence-electron chi connectivity index (χ2n) is 9.22. The summed E-state index contributed by atoms with van der Waals surface area (Å²) in [6.07, 6.45) is 3.87. The number of hydrogen-bond acceptors (Lipinski definition) is 7. The molecule has 3 N–H and O–H groups in total. The molecule has 194 valence electrons. The number of benzene rings is 1. The van der Waals surface area contributed by atoms with Crippen LogP contribution in [0, 0.1) is 0 Å². The van der Waals surface area contributed by atoms with Crippen LogP contribution in [0.15, 0.2) is 40.7 Å². The minimum Gasteiger partial charge on any atom is -0.382 e. The van der Waals surface area contributed by atoms with Gasteiger partial charge in [-0.25, -0.2) is 4.99 Å². The van der Waals surface area contributed by atoms with Crippen molar-refractivity contribution in [1.29, 1.82) is 0 Å². The van der Waals surface area contributed by atoms with Crippen molar-refractivity contribution in [3.8, 4) is 0 Å². The van der Waals surface area contributed by atoms with Crippen molar-refractivity contribution in [2.75, 3.05) is 40.0 Å². The molecule has 8 nitrogen and oxygen atoms in total. The zero-order valence-corrected chi connectivity index (χ0v) is 22.0. The van der Waals surface area contributed by atoms with E-state index in [2.05, 4.69) is 60.4 Å². The van der Waals surface area contributed by atoms with Crippen LogP contribution in [-0.4, -0.2) is 73.1 Å². The number of unbranched alkanes of at least 4 members (excludes halogenated alkanes) is 2. The normalized spacial score (nSPS) is 20.2. The van der Waals surface area contributed by atoms with Crippen molar-refractivity contribution in [1.82, 2.24) is 15.1 Å². The number of hydrogen-bond donors (Lipinski definition) is 2. The van der Waals surface area contributed by atoms with E-state index in [4.69, 9.17) is 26.8 Å². The lowest BCUT2D eigenvalue weighted by Gasteiger charge is -2.39. The predicted molar refractivity (Wildman–Crippen MR) is 140 cm³/mol. The van der Waals surface area contributed by atoms with Gasteiger partial charge >= 0.3 is 0 Å². The van der Waals surface area contributed by atoms with Crippen LogP contribution in [0.5, 0.6) is 0 Å². The molecule has 0 spiro atoms. The number of amides is 1. The summed E-state index contributed by atoms with van der Waals surface area (Å²) < 4.78 is 11.5. The molecule has 0 saturated carbocycles. The Labute approximate surface area is 214 Å². The number of carbonyl (C=O) groups excluding carboxylic acids is 1. The molecule has 1 amide bonds. The SMILES string of the molecule is CCCCOCCOC1N=C(N)C2=C(C1Cl)N(Cc1ccc(CN(C)CCCC)cc1)CC(=O)N2. The molecule has 0 aliphatic carbocycles. The Balaban J connectivity index is 1.64. The van der Waals surface area contributed by atoms with Crippen molar-refractivity contribution < 1.29 is 14.3 Å². The Morgan fingerprint density at radius 2 is 1.86 bits per heavy atom. The lowest BCUT2D eigenvalue weighted by Crippen LogP contribution is -2.52. The maximum atomic E-state index is 12.4. The summed E-state index contributed by atoms with van der Waals surface area (Å²) in [5.74, 6) is 0.0981. The molecule has 0 radical (unpaired) electrons. The lowest BCUT2D eigenvalue weighted by atomic mass is 10.1. The zero-order valence-electron chi connectivity index (χ0n) is 21.3. The molecule has 2 aliphatic heterocycles. The Kier molecular flexibility index (Phi) is 10.8. The van der Waals surface area contributed by atoms with Gasteiger partial charge in [-0.15, -0.1) is 11.6 Å². The number of nitrogens with one attached hydrogen (secondary N) is 1. The number of halogens is 1. The average Bonchev–Trinajstić information content (AvgIpc) is 2.84. The van der Waals surface area contributed by atoms with Crippen LogP contribution in [0.1, 0.15) is 50.7 Å². The topological polar surface area (TPSA) is 92.4 Å². The van der Waals surface area contributed by atoms with Crippen molar-refractivity contribution in [2.24, 2.45) is 10.7 Å². The van der Waals surface area contributed by atoms with Crippen LogP contribution in [0.4, 0.5) is 0 Å². The molecule has 2 heterocycles. The van der Waals surface area contributed by atoms with Crippen molar-refractivity contribution in [2.45, 2.75) is 64.2 Å². The van der Waals surface area contributed by atoms with Crippen molar-refractivity contribution >= 4 is 23.3 Å². The first kappa shape index (κ1) is 27.5. The van der Waals surface area contributed by atoms with Crippen LogP contribution >= 0.6 is 11.6 Å². The molecule has 0 aromatic heterocycles. The highest BCUT2D eigenvalue weighted by Crippen LogP contribution is 2.31. The molecule has 3 rings (SSSR count).